The van der Waals surface area contributed by atoms with Crippen molar-refractivity contribution in [2.45, 2.75) is 51.0 Å². The zero-order chi connectivity index (χ0) is 22.2. The zero-order valence-corrected chi connectivity index (χ0v) is 18.8. The monoisotopic (exact) mass is 431 g/mol. The maximum absolute atomic E-state index is 14.4. The van der Waals surface area contributed by atoms with Crippen LogP contribution in [0.4, 0.5) is 27.9 Å². The maximum Gasteiger partial charge on any atom is 0.236 e. The van der Waals surface area contributed by atoms with E-state index in [-0.39, 0.29) is 11.7 Å². The molecule has 0 bridgehead atoms. The Morgan fingerprint density at radius 1 is 1.10 bits per heavy atom. The van der Waals surface area contributed by atoms with Gasteiger partial charge in [-0.15, -0.1) is 0 Å². The van der Waals surface area contributed by atoms with Gasteiger partial charge in [0.2, 0.25) is 17.8 Å². The van der Waals surface area contributed by atoms with Gasteiger partial charge in [-0.2, -0.15) is 15.0 Å². The third-order valence-electron chi connectivity index (χ3n) is 5.50. The van der Waals surface area contributed by atoms with Crippen molar-refractivity contribution in [3.05, 3.63) is 24.0 Å². The minimum Gasteiger partial charge on any atom is -0.494 e. The predicted octanol–water partition coefficient (Wildman–Crippen LogP) is 3.83. The van der Waals surface area contributed by atoms with Crippen LogP contribution in [-0.4, -0.2) is 60.2 Å². The molecule has 9 heteroatoms. The average molecular weight is 432 g/mol. The summed E-state index contributed by atoms with van der Waals surface area (Å²) >= 11 is 0. The number of rotatable bonds is 9. The Morgan fingerprint density at radius 2 is 1.84 bits per heavy atom. The molecule has 3 rings (SSSR count). The summed E-state index contributed by atoms with van der Waals surface area (Å²) in [6.45, 7) is 1.49. The van der Waals surface area contributed by atoms with E-state index in [4.69, 9.17) is 10.5 Å². The van der Waals surface area contributed by atoms with E-state index < -0.39 is 5.82 Å². The number of benzene rings is 1. The van der Waals surface area contributed by atoms with Crippen LogP contribution < -0.4 is 20.7 Å². The Hall–Kier alpha value is -2.68. The molecule has 1 aliphatic rings. The number of ether oxygens (including phenoxy) is 1. The molecule has 1 heterocycles. The number of nitrogens with one attached hydrogen (secondary N) is 1. The zero-order valence-electron chi connectivity index (χ0n) is 18.8. The van der Waals surface area contributed by atoms with E-state index in [1.54, 1.807) is 12.1 Å². The summed E-state index contributed by atoms with van der Waals surface area (Å²) in [6.07, 6.45) is 7.97. The van der Waals surface area contributed by atoms with E-state index >= 15 is 0 Å². The second-order valence-corrected chi connectivity index (χ2v) is 8.28. The average Bonchev–Trinajstić information content (AvgIpc) is 2.99. The fourth-order valence-electron chi connectivity index (χ4n) is 3.89. The summed E-state index contributed by atoms with van der Waals surface area (Å²) in [5.74, 6) is 0.792. The molecule has 0 amide bonds. The number of halogens is 1. The normalized spacial score (nSPS) is 15.0. The minimum absolute atomic E-state index is 0.146. The standard InChI is InChI=1S/C22H34FN7O/c1-29(2)13-8-14-30(17-11-12-19(31-3)18(23)15-17)22-27-20(24)26-21(28-22)25-16-9-6-4-5-7-10-16/h11-12,15-16H,4-10,13-14H2,1-3H3,(H3,24,25,26,27,28). The van der Waals surface area contributed by atoms with Gasteiger partial charge in [0.05, 0.1) is 7.11 Å². The largest absolute Gasteiger partial charge is 0.494 e. The quantitative estimate of drug-likeness (QED) is 0.579. The fraction of sp³-hybridized carbons (Fsp3) is 0.591. The number of aromatic nitrogens is 3. The van der Waals surface area contributed by atoms with Crippen LogP contribution in [0, 0.1) is 5.82 Å². The molecule has 3 N–H and O–H groups in total. The predicted molar refractivity (Wildman–Crippen MR) is 122 cm³/mol. The van der Waals surface area contributed by atoms with Crippen molar-refractivity contribution in [1.82, 2.24) is 19.9 Å². The molecular formula is C22H34FN7O. The van der Waals surface area contributed by atoms with Gasteiger partial charge >= 0.3 is 0 Å². The smallest absolute Gasteiger partial charge is 0.236 e. The van der Waals surface area contributed by atoms with E-state index in [2.05, 4.69) is 25.2 Å². The molecule has 0 saturated heterocycles. The van der Waals surface area contributed by atoms with E-state index in [0.717, 1.165) is 25.8 Å². The van der Waals surface area contributed by atoms with Crippen LogP contribution in [0.1, 0.15) is 44.9 Å². The summed E-state index contributed by atoms with van der Waals surface area (Å²) in [5.41, 5.74) is 6.67. The number of nitrogens with zero attached hydrogens (tertiary/aromatic N) is 5. The van der Waals surface area contributed by atoms with Crippen molar-refractivity contribution in [2.24, 2.45) is 0 Å². The maximum atomic E-state index is 14.4. The number of hydrogen-bond donors (Lipinski definition) is 2. The SMILES string of the molecule is COc1ccc(N(CCCN(C)C)c2nc(N)nc(NC3CCCCCC3)n2)cc1F. The van der Waals surface area contributed by atoms with E-state index in [9.17, 15) is 4.39 Å². The number of nitrogens with two attached hydrogens (primary N) is 1. The van der Waals surface area contributed by atoms with Crippen LogP contribution in [0.5, 0.6) is 5.75 Å². The third-order valence-corrected chi connectivity index (χ3v) is 5.50. The van der Waals surface area contributed by atoms with Crippen molar-refractivity contribution in [3.8, 4) is 5.75 Å². The Balaban J connectivity index is 1.88. The van der Waals surface area contributed by atoms with Crippen molar-refractivity contribution < 1.29 is 9.13 Å². The molecular weight excluding hydrogens is 397 g/mol. The Kier molecular flexibility index (Phi) is 8.22. The Bertz CT molecular complexity index is 841. The lowest BCUT2D eigenvalue weighted by Crippen LogP contribution is -2.26. The van der Waals surface area contributed by atoms with Crippen LogP contribution in [-0.2, 0) is 0 Å². The lowest BCUT2D eigenvalue weighted by molar-refractivity contribution is 0.386. The lowest BCUT2D eigenvalue weighted by atomic mass is 10.1. The van der Waals surface area contributed by atoms with Crippen LogP contribution >= 0.6 is 0 Å². The molecule has 0 spiro atoms. The first-order valence-electron chi connectivity index (χ1n) is 11.0. The number of nitrogen functional groups attached to an aromatic ring is 1. The molecule has 1 aromatic carbocycles. The highest BCUT2D eigenvalue weighted by Crippen LogP contribution is 2.29. The first kappa shape index (κ1) is 23.0. The van der Waals surface area contributed by atoms with Crippen molar-refractivity contribution >= 4 is 23.5 Å². The van der Waals surface area contributed by atoms with Crippen LogP contribution in [0.25, 0.3) is 0 Å². The van der Waals surface area contributed by atoms with E-state index in [0.29, 0.717) is 30.2 Å². The molecule has 1 fully saturated rings. The molecule has 1 aromatic heterocycles. The highest BCUT2D eigenvalue weighted by molar-refractivity contribution is 5.60. The molecule has 2 aromatic rings. The molecule has 0 atom stereocenters. The van der Waals surface area contributed by atoms with Crippen molar-refractivity contribution in [1.29, 1.82) is 0 Å². The third kappa shape index (κ3) is 6.65. The minimum atomic E-state index is -0.434. The van der Waals surface area contributed by atoms with Gasteiger partial charge in [0.1, 0.15) is 0 Å². The number of hydrogen-bond acceptors (Lipinski definition) is 8. The summed E-state index contributed by atoms with van der Waals surface area (Å²) in [5, 5.41) is 3.44. The topological polar surface area (TPSA) is 92.4 Å². The van der Waals surface area contributed by atoms with Crippen LogP contribution in [0.15, 0.2) is 18.2 Å². The summed E-state index contributed by atoms with van der Waals surface area (Å²) in [6, 6.07) is 5.18. The van der Waals surface area contributed by atoms with Gasteiger partial charge in [-0.25, -0.2) is 4.39 Å². The van der Waals surface area contributed by atoms with Gasteiger partial charge in [-0.1, -0.05) is 25.7 Å². The second-order valence-electron chi connectivity index (χ2n) is 8.28. The number of methoxy groups -OCH3 is 1. The first-order valence-corrected chi connectivity index (χ1v) is 11.0. The lowest BCUT2D eigenvalue weighted by Gasteiger charge is -2.25. The highest BCUT2D eigenvalue weighted by Gasteiger charge is 2.19. The molecule has 8 nitrogen and oxygen atoms in total. The molecule has 1 aliphatic carbocycles. The van der Waals surface area contributed by atoms with Crippen molar-refractivity contribution in [2.75, 3.05) is 50.2 Å². The summed E-state index contributed by atoms with van der Waals surface area (Å²) in [7, 11) is 5.49. The van der Waals surface area contributed by atoms with E-state index in [1.807, 2.05) is 19.0 Å². The first-order chi connectivity index (χ1) is 15.0. The van der Waals surface area contributed by atoms with E-state index in [1.165, 1.54) is 38.9 Å². The van der Waals surface area contributed by atoms with Gasteiger partial charge in [0, 0.05) is 24.3 Å². The molecule has 0 unspecified atom stereocenters. The molecule has 170 valence electrons. The molecule has 0 radical (unpaired) electrons. The molecule has 1 saturated carbocycles. The van der Waals surface area contributed by atoms with Crippen LogP contribution in [0.3, 0.4) is 0 Å². The highest BCUT2D eigenvalue weighted by atomic mass is 19.1. The second kappa shape index (κ2) is 11.1. The fourth-order valence-corrected chi connectivity index (χ4v) is 3.89. The molecule has 0 aliphatic heterocycles. The Morgan fingerprint density at radius 3 is 2.48 bits per heavy atom. The van der Waals surface area contributed by atoms with Gasteiger partial charge in [0.15, 0.2) is 11.6 Å². The summed E-state index contributed by atoms with van der Waals surface area (Å²) in [4.78, 5) is 17.3. The number of anilines is 4. The van der Waals surface area contributed by atoms with Crippen LogP contribution in [0.2, 0.25) is 0 Å². The van der Waals surface area contributed by atoms with Gasteiger partial charge < -0.3 is 25.6 Å². The Labute approximate surface area is 184 Å². The van der Waals surface area contributed by atoms with Gasteiger partial charge in [-0.05, 0) is 52.0 Å². The van der Waals surface area contributed by atoms with Gasteiger partial charge in [-0.3, -0.25) is 0 Å². The molecule has 31 heavy (non-hydrogen) atoms. The van der Waals surface area contributed by atoms with Gasteiger partial charge in [0.25, 0.3) is 0 Å². The van der Waals surface area contributed by atoms with Crippen molar-refractivity contribution in [3.63, 3.8) is 0 Å². The summed E-state index contributed by atoms with van der Waals surface area (Å²) < 4.78 is 19.5.